The molecule has 0 bridgehead atoms. The molecule has 3 nitrogen and oxygen atoms in total. The van der Waals surface area contributed by atoms with Crippen molar-refractivity contribution in [3.05, 3.63) is 77.4 Å². The van der Waals surface area contributed by atoms with E-state index in [4.69, 9.17) is 0 Å². The van der Waals surface area contributed by atoms with Crippen LogP contribution in [0.4, 0.5) is 5.69 Å². The predicted octanol–water partition coefficient (Wildman–Crippen LogP) is 4.29. The maximum Gasteiger partial charge on any atom is 0.538 e. The number of nitrogens with zero attached hydrogens (tertiary/aromatic N) is 3. The van der Waals surface area contributed by atoms with E-state index in [1.54, 1.807) is 0 Å². The van der Waals surface area contributed by atoms with Gasteiger partial charge in [-0.3, -0.25) is 4.48 Å². The lowest BCUT2D eigenvalue weighted by atomic mass is 9.59. The molecule has 148 valence electrons. The van der Waals surface area contributed by atoms with Gasteiger partial charge in [0.2, 0.25) is 0 Å². The fourth-order valence-electron chi connectivity index (χ4n) is 5.69. The van der Waals surface area contributed by atoms with Gasteiger partial charge in [0.25, 0.3) is 5.82 Å². The molecule has 2 aliphatic heterocycles. The zero-order valence-corrected chi connectivity index (χ0v) is 18.2. The third-order valence-corrected chi connectivity index (χ3v) is 6.81. The molecule has 0 saturated heterocycles. The van der Waals surface area contributed by atoms with Crippen molar-refractivity contribution < 1.29 is 4.48 Å². The third-order valence-electron chi connectivity index (χ3n) is 6.81. The van der Waals surface area contributed by atoms with Crippen molar-refractivity contribution in [3.63, 3.8) is 0 Å². The molecule has 2 aliphatic rings. The van der Waals surface area contributed by atoms with E-state index in [1.165, 1.54) is 50.3 Å². The van der Waals surface area contributed by atoms with Crippen LogP contribution in [0.25, 0.3) is 22.4 Å². The quantitative estimate of drug-likeness (QED) is 0.417. The fraction of sp³-hybridized carbons (Fsp3) is 0.269. The van der Waals surface area contributed by atoms with Crippen molar-refractivity contribution in [3.8, 4) is 11.4 Å². The lowest BCUT2D eigenvalue weighted by molar-refractivity contribution is -0.495. The second-order valence-corrected chi connectivity index (χ2v) is 9.31. The molecule has 0 spiro atoms. The lowest BCUT2D eigenvalue weighted by Crippen LogP contribution is -2.72. The normalized spacial score (nSPS) is 14.2. The number of hydrogen-bond donors (Lipinski definition) is 0. The maximum absolute atomic E-state index is 2.66. The average Bonchev–Trinajstić information content (AvgIpc) is 3.25. The summed E-state index contributed by atoms with van der Waals surface area (Å²) in [4.78, 5) is 2.66. The number of aryl methyl sites for hydroxylation is 2. The standard InChI is InChI=1S/C26H27BN3/c1-17(2)15-29-23-14-8-11-20-16-28-21-12-5-6-13-22(21)30(26(28)24(20)23)27(29)25-18(3)9-7-10-19(25)4/h5-14,17H,15-16H2,1-4H3/q+1. The Bertz CT molecular complexity index is 1300. The second kappa shape index (κ2) is 6.25. The average molecular weight is 392 g/mol. The monoisotopic (exact) mass is 392 g/mol. The molecule has 3 heterocycles. The van der Waals surface area contributed by atoms with Crippen molar-refractivity contribution in [2.45, 2.75) is 34.2 Å². The highest BCUT2D eigenvalue weighted by Gasteiger charge is 2.50. The van der Waals surface area contributed by atoms with Gasteiger partial charge < -0.3 is 4.81 Å². The van der Waals surface area contributed by atoms with Crippen LogP contribution in [-0.4, -0.2) is 18.1 Å². The molecular formula is C26H27BN3+. The van der Waals surface area contributed by atoms with E-state index < -0.39 is 0 Å². The molecule has 0 unspecified atom stereocenters. The van der Waals surface area contributed by atoms with Crippen molar-refractivity contribution in [1.29, 1.82) is 0 Å². The third kappa shape index (κ3) is 2.25. The highest BCUT2D eigenvalue weighted by Crippen LogP contribution is 2.43. The summed E-state index contributed by atoms with van der Waals surface area (Å²) in [5.74, 6) is 1.94. The highest BCUT2D eigenvalue weighted by atomic mass is 15.3. The number of hydrogen-bond acceptors (Lipinski definition) is 1. The van der Waals surface area contributed by atoms with Crippen LogP contribution in [0, 0.1) is 19.8 Å². The number of imidazole rings is 1. The van der Waals surface area contributed by atoms with Gasteiger partial charge in [0, 0.05) is 23.3 Å². The number of fused-ring (bicyclic) bond motifs is 3. The van der Waals surface area contributed by atoms with E-state index in [1.807, 2.05) is 0 Å². The Morgan fingerprint density at radius 2 is 1.67 bits per heavy atom. The zero-order chi connectivity index (χ0) is 20.6. The van der Waals surface area contributed by atoms with E-state index >= 15 is 0 Å². The van der Waals surface area contributed by atoms with Crippen LogP contribution >= 0.6 is 0 Å². The van der Waals surface area contributed by atoms with Gasteiger partial charge in [-0.25, -0.2) is 4.57 Å². The number of benzene rings is 3. The molecule has 4 aromatic rings. The van der Waals surface area contributed by atoms with Crippen LogP contribution in [0.2, 0.25) is 0 Å². The summed E-state index contributed by atoms with van der Waals surface area (Å²) in [5.41, 5.74) is 11.1. The summed E-state index contributed by atoms with van der Waals surface area (Å²) in [6.07, 6.45) is 0. The van der Waals surface area contributed by atoms with Crippen LogP contribution in [0.5, 0.6) is 0 Å². The summed E-state index contributed by atoms with van der Waals surface area (Å²) in [5, 5.41) is 0. The van der Waals surface area contributed by atoms with Crippen molar-refractivity contribution in [2.75, 3.05) is 11.4 Å². The Hall–Kier alpha value is -3.01. The van der Waals surface area contributed by atoms with Crippen LogP contribution in [-0.2, 0) is 6.54 Å². The van der Waals surface area contributed by atoms with Gasteiger partial charge in [-0.2, -0.15) is 0 Å². The van der Waals surface area contributed by atoms with Gasteiger partial charge in [0.15, 0.2) is 11.0 Å². The summed E-state index contributed by atoms with van der Waals surface area (Å²) >= 11 is 0. The Morgan fingerprint density at radius 3 is 2.43 bits per heavy atom. The summed E-state index contributed by atoms with van der Waals surface area (Å²) in [7, 11) is 0. The first kappa shape index (κ1) is 17.8. The minimum absolute atomic E-state index is 0.163. The molecule has 0 amide bonds. The highest BCUT2D eigenvalue weighted by molar-refractivity contribution is 6.71. The summed E-state index contributed by atoms with van der Waals surface area (Å²) in [6.45, 7) is 11.3. The topological polar surface area (TPSA) is 12.1 Å². The molecule has 6 rings (SSSR count). The summed E-state index contributed by atoms with van der Waals surface area (Å²) < 4.78 is 5.14. The molecule has 0 fully saturated rings. The number of rotatable bonds is 3. The van der Waals surface area contributed by atoms with E-state index in [0.29, 0.717) is 5.92 Å². The van der Waals surface area contributed by atoms with E-state index in [-0.39, 0.29) is 6.98 Å². The molecule has 0 atom stereocenters. The van der Waals surface area contributed by atoms with Crippen LogP contribution in [0.3, 0.4) is 0 Å². The van der Waals surface area contributed by atoms with Crippen LogP contribution in [0.1, 0.15) is 30.5 Å². The van der Waals surface area contributed by atoms with Crippen molar-refractivity contribution in [1.82, 2.24) is 4.57 Å². The first-order valence-electron chi connectivity index (χ1n) is 11.0. The molecule has 0 aliphatic carbocycles. The van der Waals surface area contributed by atoms with Gasteiger partial charge in [0.05, 0.1) is 5.56 Å². The zero-order valence-electron chi connectivity index (χ0n) is 18.2. The van der Waals surface area contributed by atoms with Gasteiger partial charge in [-0.05, 0) is 49.1 Å². The minimum Gasteiger partial charge on any atom is -0.369 e. The lowest BCUT2D eigenvalue weighted by Gasteiger charge is -2.35. The van der Waals surface area contributed by atoms with Crippen molar-refractivity contribution in [2.24, 2.45) is 5.92 Å². The van der Waals surface area contributed by atoms with E-state index in [2.05, 4.69) is 102 Å². The Balaban J connectivity index is 1.77. The number of para-hydroxylation sites is 2. The van der Waals surface area contributed by atoms with Gasteiger partial charge >= 0.3 is 6.98 Å². The summed E-state index contributed by atoms with van der Waals surface area (Å²) in [6, 6.07) is 22.5. The Morgan fingerprint density at radius 1 is 0.933 bits per heavy atom. The molecule has 0 saturated carbocycles. The number of aromatic nitrogens is 2. The molecule has 4 heteroatoms. The number of anilines is 1. The molecule has 1 aromatic heterocycles. The van der Waals surface area contributed by atoms with Crippen LogP contribution < -0.4 is 14.8 Å². The molecule has 0 radical (unpaired) electrons. The van der Waals surface area contributed by atoms with Gasteiger partial charge in [-0.15, -0.1) is 0 Å². The van der Waals surface area contributed by atoms with Crippen molar-refractivity contribution >= 4 is 29.2 Å². The minimum atomic E-state index is 0.163. The Labute approximate surface area is 178 Å². The SMILES string of the molecule is Cc1cccc(C)c1B1N(CC(C)C)c2cccc3c2-c2n(c4ccccc4[n+]21)C3. The fourth-order valence-corrected chi connectivity index (χ4v) is 5.69. The predicted molar refractivity (Wildman–Crippen MR) is 126 cm³/mol. The van der Waals surface area contributed by atoms with E-state index in [0.717, 1.165) is 13.1 Å². The first-order chi connectivity index (χ1) is 14.6. The largest absolute Gasteiger partial charge is 0.538 e. The van der Waals surface area contributed by atoms with E-state index in [9.17, 15) is 0 Å². The Kier molecular flexibility index (Phi) is 3.71. The maximum atomic E-state index is 2.66. The first-order valence-corrected chi connectivity index (χ1v) is 11.0. The van der Waals surface area contributed by atoms with Gasteiger partial charge in [-0.1, -0.05) is 56.3 Å². The smallest absolute Gasteiger partial charge is 0.369 e. The molecule has 0 N–H and O–H groups in total. The van der Waals surface area contributed by atoms with Gasteiger partial charge in [0.1, 0.15) is 6.54 Å². The molecule has 3 aromatic carbocycles. The van der Waals surface area contributed by atoms with Crippen LogP contribution in [0.15, 0.2) is 60.7 Å². The second-order valence-electron chi connectivity index (χ2n) is 9.31. The molecule has 30 heavy (non-hydrogen) atoms. The molecular weight excluding hydrogens is 365 g/mol.